The van der Waals surface area contributed by atoms with Gasteiger partial charge in [-0.2, -0.15) is 0 Å². The summed E-state index contributed by atoms with van der Waals surface area (Å²) in [6, 6.07) is 23.0. The molecule has 0 N–H and O–H groups in total. The zero-order valence-corrected chi connectivity index (χ0v) is 16.1. The molecule has 0 radical (unpaired) electrons. The van der Waals surface area contributed by atoms with Crippen molar-refractivity contribution in [3.05, 3.63) is 99.6 Å². The number of nitro groups is 1. The number of nitro benzene ring substituents is 1. The van der Waals surface area contributed by atoms with Crippen molar-refractivity contribution in [2.75, 3.05) is 4.90 Å². The largest absolute Gasteiger partial charge is 0.302 e. The fourth-order valence-corrected chi connectivity index (χ4v) is 4.59. The van der Waals surface area contributed by atoms with E-state index >= 15 is 0 Å². The molecule has 0 aromatic heterocycles. The van der Waals surface area contributed by atoms with Gasteiger partial charge in [-0.3, -0.25) is 14.9 Å². The van der Waals surface area contributed by atoms with E-state index < -0.39 is 4.92 Å². The second-order valence-corrected chi connectivity index (χ2v) is 7.98. The maximum absolute atomic E-state index is 13.0. The van der Waals surface area contributed by atoms with Crippen LogP contribution in [0.2, 0.25) is 5.02 Å². The normalized spacial score (nSPS) is 18.6. The molecular formula is C21H15ClN2O3S. The van der Waals surface area contributed by atoms with Crippen molar-refractivity contribution in [2.45, 2.75) is 16.2 Å². The predicted molar refractivity (Wildman–Crippen MR) is 111 cm³/mol. The summed E-state index contributed by atoms with van der Waals surface area (Å²) in [4.78, 5) is 26.2. The van der Waals surface area contributed by atoms with Crippen LogP contribution < -0.4 is 4.90 Å². The van der Waals surface area contributed by atoms with Gasteiger partial charge in [-0.25, -0.2) is 0 Å². The van der Waals surface area contributed by atoms with Crippen LogP contribution in [-0.4, -0.2) is 16.1 Å². The summed E-state index contributed by atoms with van der Waals surface area (Å²) in [7, 11) is 0. The molecule has 1 amide bonds. The molecule has 5 nitrogen and oxygen atoms in total. The van der Waals surface area contributed by atoms with Gasteiger partial charge in [-0.15, -0.1) is 11.8 Å². The van der Waals surface area contributed by atoms with Crippen molar-refractivity contribution in [1.29, 1.82) is 0 Å². The predicted octanol–water partition coefficient (Wildman–Crippen LogP) is 5.50. The number of hydrogen-bond acceptors (Lipinski definition) is 4. The van der Waals surface area contributed by atoms with E-state index in [2.05, 4.69) is 0 Å². The van der Waals surface area contributed by atoms with Crippen molar-refractivity contribution < 1.29 is 9.72 Å². The molecule has 1 saturated heterocycles. The Kier molecular flexibility index (Phi) is 5.07. The SMILES string of the molecule is O=C1[C@@H](Sc2ccccc2)[C@@H](c2ccc([N+](=O)[O-])cc2)N1c1ccc(Cl)cc1. The molecule has 0 aliphatic carbocycles. The number of β-lactam (4-membered cyclic amide) rings is 1. The van der Waals surface area contributed by atoms with Gasteiger partial charge in [0.15, 0.2) is 0 Å². The van der Waals surface area contributed by atoms with Crippen LogP contribution in [0.3, 0.4) is 0 Å². The fourth-order valence-electron chi connectivity index (χ4n) is 3.23. The molecule has 2 atom stereocenters. The molecule has 0 spiro atoms. The van der Waals surface area contributed by atoms with Gasteiger partial charge in [0.1, 0.15) is 5.25 Å². The van der Waals surface area contributed by atoms with Crippen LogP contribution in [0.15, 0.2) is 83.8 Å². The summed E-state index contributed by atoms with van der Waals surface area (Å²) in [5, 5.41) is 11.3. The van der Waals surface area contributed by atoms with Crippen LogP contribution in [0.1, 0.15) is 11.6 Å². The number of thioether (sulfide) groups is 1. The zero-order chi connectivity index (χ0) is 19.7. The lowest BCUT2D eigenvalue weighted by Crippen LogP contribution is -2.57. The Balaban J connectivity index is 1.69. The molecule has 3 aromatic carbocycles. The molecule has 0 unspecified atom stereocenters. The Labute approximate surface area is 171 Å². The van der Waals surface area contributed by atoms with E-state index in [1.165, 1.54) is 23.9 Å². The zero-order valence-electron chi connectivity index (χ0n) is 14.6. The lowest BCUT2D eigenvalue weighted by Gasteiger charge is -2.47. The minimum absolute atomic E-state index is 0.000437. The third-order valence-electron chi connectivity index (χ3n) is 4.60. The first-order valence-electron chi connectivity index (χ1n) is 8.59. The number of carbonyl (C=O) groups is 1. The average Bonchev–Trinajstić information content (AvgIpc) is 2.72. The van der Waals surface area contributed by atoms with Crippen LogP contribution in [-0.2, 0) is 4.79 Å². The van der Waals surface area contributed by atoms with Gasteiger partial charge in [0.2, 0.25) is 5.91 Å². The Bertz CT molecular complexity index is 1010. The van der Waals surface area contributed by atoms with E-state index in [1.807, 2.05) is 42.5 Å². The first kappa shape index (κ1) is 18.5. The summed E-state index contributed by atoms with van der Waals surface area (Å²) in [6.45, 7) is 0. The van der Waals surface area contributed by atoms with E-state index in [0.717, 1.165) is 16.1 Å². The molecule has 3 aromatic rings. The molecule has 1 aliphatic rings. The Morgan fingerprint density at radius 2 is 1.57 bits per heavy atom. The molecular weight excluding hydrogens is 396 g/mol. The molecule has 28 heavy (non-hydrogen) atoms. The Hall–Kier alpha value is -2.83. The van der Waals surface area contributed by atoms with Crippen molar-refractivity contribution >= 4 is 40.6 Å². The number of carbonyl (C=O) groups excluding carboxylic acids is 1. The first-order chi connectivity index (χ1) is 13.5. The molecule has 1 heterocycles. The standard InChI is InChI=1S/C21H15ClN2O3S/c22-15-8-12-16(13-9-15)23-19(14-6-10-17(11-7-14)24(26)27)20(21(23)25)28-18-4-2-1-3-5-18/h1-13,19-20H/t19-,20+/m1/s1. The van der Waals surface area contributed by atoms with Gasteiger partial charge in [0.05, 0.1) is 11.0 Å². The van der Waals surface area contributed by atoms with Gasteiger partial charge in [0.25, 0.3) is 5.69 Å². The summed E-state index contributed by atoms with van der Waals surface area (Å²) < 4.78 is 0. The fraction of sp³-hybridized carbons (Fsp3) is 0.0952. The number of benzene rings is 3. The maximum atomic E-state index is 13.0. The smallest absolute Gasteiger partial charge is 0.269 e. The van der Waals surface area contributed by atoms with E-state index in [0.29, 0.717) is 5.02 Å². The lowest BCUT2D eigenvalue weighted by molar-refractivity contribution is -0.384. The molecule has 0 saturated carbocycles. The summed E-state index contributed by atoms with van der Waals surface area (Å²) in [5.74, 6) is -0.000437. The summed E-state index contributed by atoms with van der Waals surface area (Å²) >= 11 is 7.48. The number of hydrogen-bond donors (Lipinski definition) is 0. The van der Waals surface area contributed by atoms with Crippen molar-refractivity contribution in [1.82, 2.24) is 0 Å². The number of anilines is 1. The van der Waals surface area contributed by atoms with Crippen LogP contribution in [0.4, 0.5) is 11.4 Å². The van der Waals surface area contributed by atoms with Gasteiger partial charge in [-0.1, -0.05) is 41.9 Å². The Morgan fingerprint density at radius 3 is 2.18 bits per heavy atom. The number of rotatable bonds is 5. The van der Waals surface area contributed by atoms with Gasteiger partial charge in [0, 0.05) is 27.7 Å². The molecule has 1 fully saturated rings. The topological polar surface area (TPSA) is 63.4 Å². The van der Waals surface area contributed by atoms with E-state index in [-0.39, 0.29) is 22.9 Å². The second kappa shape index (κ2) is 7.66. The number of amides is 1. The van der Waals surface area contributed by atoms with Crippen molar-refractivity contribution in [2.24, 2.45) is 0 Å². The van der Waals surface area contributed by atoms with Crippen LogP contribution >= 0.6 is 23.4 Å². The minimum Gasteiger partial charge on any atom is -0.302 e. The second-order valence-electron chi connectivity index (χ2n) is 6.33. The monoisotopic (exact) mass is 410 g/mol. The summed E-state index contributed by atoms with van der Waals surface area (Å²) in [6.07, 6.45) is 0. The maximum Gasteiger partial charge on any atom is 0.269 e. The first-order valence-corrected chi connectivity index (χ1v) is 9.85. The lowest BCUT2D eigenvalue weighted by atomic mass is 9.92. The molecule has 1 aliphatic heterocycles. The van der Waals surface area contributed by atoms with Crippen molar-refractivity contribution in [3.8, 4) is 0 Å². The van der Waals surface area contributed by atoms with Crippen LogP contribution in [0.5, 0.6) is 0 Å². The van der Waals surface area contributed by atoms with E-state index in [9.17, 15) is 14.9 Å². The van der Waals surface area contributed by atoms with Crippen LogP contribution in [0.25, 0.3) is 0 Å². The quantitative estimate of drug-likeness (QED) is 0.316. The van der Waals surface area contributed by atoms with Crippen LogP contribution in [0, 0.1) is 10.1 Å². The third kappa shape index (κ3) is 3.48. The highest BCUT2D eigenvalue weighted by atomic mass is 35.5. The highest BCUT2D eigenvalue weighted by Crippen LogP contribution is 2.47. The van der Waals surface area contributed by atoms with Gasteiger partial charge < -0.3 is 4.90 Å². The number of non-ortho nitro benzene ring substituents is 1. The Morgan fingerprint density at radius 1 is 0.929 bits per heavy atom. The van der Waals surface area contributed by atoms with E-state index in [1.54, 1.807) is 29.2 Å². The molecule has 140 valence electrons. The third-order valence-corrected chi connectivity index (χ3v) is 6.11. The molecule has 4 rings (SSSR count). The number of halogens is 1. The highest BCUT2D eigenvalue weighted by molar-refractivity contribution is 8.00. The minimum atomic E-state index is -0.428. The highest BCUT2D eigenvalue weighted by Gasteiger charge is 2.49. The average molecular weight is 411 g/mol. The molecule has 7 heteroatoms. The van der Waals surface area contributed by atoms with Crippen molar-refractivity contribution in [3.63, 3.8) is 0 Å². The van der Waals surface area contributed by atoms with Gasteiger partial charge in [-0.05, 0) is 42.0 Å². The van der Waals surface area contributed by atoms with Gasteiger partial charge >= 0.3 is 0 Å². The number of nitrogens with zero attached hydrogens (tertiary/aromatic N) is 2. The summed E-state index contributed by atoms with van der Waals surface area (Å²) in [5.41, 5.74) is 1.64. The van der Waals surface area contributed by atoms with E-state index in [4.69, 9.17) is 11.6 Å². The molecule has 0 bridgehead atoms.